The van der Waals surface area contributed by atoms with Crippen LogP contribution in [0.2, 0.25) is 0 Å². The fraction of sp³-hybridized carbons (Fsp3) is 0.250. The van der Waals surface area contributed by atoms with E-state index in [0.29, 0.717) is 11.3 Å². The average molecular weight is 431 g/mol. The van der Waals surface area contributed by atoms with Gasteiger partial charge in [-0.3, -0.25) is 4.79 Å². The van der Waals surface area contributed by atoms with Crippen molar-refractivity contribution in [3.05, 3.63) is 60.1 Å². The first kappa shape index (κ1) is 22.9. The number of benzene rings is 1. The van der Waals surface area contributed by atoms with Crippen LogP contribution >= 0.6 is 0 Å². The first-order valence-electron chi connectivity index (χ1n) is 8.89. The van der Waals surface area contributed by atoms with Gasteiger partial charge in [-0.05, 0) is 35.9 Å². The van der Waals surface area contributed by atoms with Crippen molar-refractivity contribution in [2.75, 3.05) is 20.2 Å². The molecule has 0 aliphatic heterocycles. The summed E-state index contributed by atoms with van der Waals surface area (Å²) in [6.45, 7) is -0.134. The standard InChI is InChI=1S/C20H21N3O6S/c1-23(12-3-11-21)19(24)15-29-20(25)10-7-16-5-8-18(9-6-16)30(26,27)22-14-17-4-2-13-28-17/h2,4-10,13,22H,3,12,14-15H2,1H3/b10-7+. The number of amides is 1. The number of furan rings is 1. The van der Waals surface area contributed by atoms with Crippen LogP contribution in [-0.4, -0.2) is 45.4 Å². The fourth-order valence-corrected chi connectivity index (χ4v) is 3.21. The highest BCUT2D eigenvalue weighted by atomic mass is 32.2. The lowest BCUT2D eigenvalue weighted by atomic mass is 10.2. The lowest BCUT2D eigenvalue weighted by molar-refractivity contribution is -0.147. The van der Waals surface area contributed by atoms with Crippen LogP contribution in [0.25, 0.3) is 6.08 Å². The highest BCUT2D eigenvalue weighted by Crippen LogP contribution is 2.12. The molecule has 30 heavy (non-hydrogen) atoms. The molecule has 0 saturated heterocycles. The van der Waals surface area contributed by atoms with E-state index in [0.717, 1.165) is 6.08 Å². The van der Waals surface area contributed by atoms with Crippen LogP contribution in [-0.2, 0) is 30.9 Å². The lowest BCUT2D eigenvalue weighted by Gasteiger charge is -2.14. The third-order valence-corrected chi connectivity index (χ3v) is 5.36. The van der Waals surface area contributed by atoms with Crippen molar-refractivity contribution in [3.8, 4) is 6.07 Å². The van der Waals surface area contributed by atoms with Gasteiger partial charge in [0.05, 0.1) is 30.2 Å². The van der Waals surface area contributed by atoms with Crippen molar-refractivity contribution in [2.45, 2.75) is 17.9 Å². The fourth-order valence-electron chi connectivity index (χ4n) is 2.22. The molecule has 0 unspecified atom stereocenters. The smallest absolute Gasteiger partial charge is 0.331 e. The molecular weight excluding hydrogens is 410 g/mol. The number of hydrogen-bond acceptors (Lipinski definition) is 7. The van der Waals surface area contributed by atoms with Crippen LogP contribution < -0.4 is 4.72 Å². The van der Waals surface area contributed by atoms with E-state index < -0.39 is 28.5 Å². The number of esters is 1. The van der Waals surface area contributed by atoms with Gasteiger partial charge in [-0.1, -0.05) is 12.1 Å². The van der Waals surface area contributed by atoms with Crippen molar-refractivity contribution in [1.29, 1.82) is 5.26 Å². The minimum absolute atomic E-state index is 0.0350. The van der Waals surface area contributed by atoms with Gasteiger partial charge in [-0.15, -0.1) is 0 Å². The Bertz CT molecular complexity index is 1020. The summed E-state index contributed by atoms with van der Waals surface area (Å²) in [5.74, 6) is -0.635. The molecule has 9 nitrogen and oxygen atoms in total. The summed E-state index contributed by atoms with van der Waals surface area (Å²) in [6.07, 6.45) is 4.24. The number of hydrogen-bond donors (Lipinski definition) is 1. The summed E-state index contributed by atoms with van der Waals surface area (Å²) in [5, 5.41) is 8.50. The van der Waals surface area contributed by atoms with Crippen LogP contribution in [0, 0.1) is 11.3 Å². The number of nitrogens with one attached hydrogen (secondary N) is 1. The molecule has 0 saturated carbocycles. The second-order valence-electron chi connectivity index (χ2n) is 6.14. The number of carbonyl (C=O) groups excluding carboxylic acids is 2. The number of ether oxygens (including phenoxy) is 1. The Labute approximate surface area is 174 Å². The molecule has 158 valence electrons. The third-order valence-electron chi connectivity index (χ3n) is 3.94. The molecule has 0 spiro atoms. The molecule has 0 fully saturated rings. The Morgan fingerprint density at radius 2 is 2.00 bits per heavy atom. The first-order valence-corrected chi connectivity index (χ1v) is 10.4. The summed E-state index contributed by atoms with van der Waals surface area (Å²) in [4.78, 5) is 24.8. The Kier molecular flexibility index (Phi) is 8.34. The molecule has 0 bridgehead atoms. The first-order chi connectivity index (χ1) is 14.3. The zero-order chi connectivity index (χ0) is 22.0. The summed E-state index contributed by atoms with van der Waals surface area (Å²) < 4.78 is 36.9. The number of carbonyl (C=O) groups is 2. The van der Waals surface area contributed by atoms with Crippen molar-refractivity contribution in [3.63, 3.8) is 0 Å². The molecule has 2 rings (SSSR count). The minimum atomic E-state index is -3.71. The predicted octanol–water partition coefficient (Wildman–Crippen LogP) is 1.69. The van der Waals surface area contributed by atoms with Crippen molar-refractivity contribution in [1.82, 2.24) is 9.62 Å². The SMILES string of the molecule is CN(CCC#N)C(=O)COC(=O)/C=C/c1ccc(S(=O)(=O)NCc2ccco2)cc1. The van der Waals surface area contributed by atoms with Gasteiger partial charge < -0.3 is 14.1 Å². The van der Waals surface area contributed by atoms with E-state index in [4.69, 9.17) is 14.4 Å². The monoisotopic (exact) mass is 431 g/mol. The van der Waals surface area contributed by atoms with E-state index in [1.165, 1.54) is 48.6 Å². The second kappa shape index (κ2) is 10.9. The quantitative estimate of drug-likeness (QED) is 0.447. The van der Waals surface area contributed by atoms with E-state index in [2.05, 4.69) is 4.72 Å². The van der Waals surface area contributed by atoms with Crippen LogP contribution in [0.4, 0.5) is 0 Å². The molecule has 1 aromatic carbocycles. The zero-order valence-electron chi connectivity index (χ0n) is 16.3. The number of nitrogens with zero attached hydrogens (tertiary/aromatic N) is 2. The second-order valence-corrected chi connectivity index (χ2v) is 7.90. The predicted molar refractivity (Wildman–Crippen MR) is 107 cm³/mol. The van der Waals surface area contributed by atoms with E-state index >= 15 is 0 Å². The summed E-state index contributed by atoms with van der Waals surface area (Å²) in [6, 6.07) is 11.1. The third kappa shape index (κ3) is 7.20. The molecule has 1 N–H and O–H groups in total. The molecule has 0 atom stereocenters. The molecule has 1 aromatic heterocycles. The highest BCUT2D eigenvalue weighted by Gasteiger charge is 2.14. The molecule has 0 radical (unpaired) electrons. The normalized spacial score (nSPS) is 11.2. The molecular formula is C20H21N3O6S. The number of likely N-dealkylation sites (N-methyl/N-ethyl adjacent to an activating group) is 1. The van der Waals surface area contributed by atoms with E-state index in [-0.39, 0.29) is 24.4 Å². The van der Waals surface area contributed by atoms with Gasteiger partial charge in [0.1, 0.15) is 5.76 Å². The largest absolute Gasteiger partial charge is 0.468 e. The molecule has 1 amide bonds. The van der Waals surface area contributed by atoms with E-state index in [9.17, 15) is 18.0 Å². The van der Waals surface area contributed by atoms with Crippen LogP contribution in [0.5, 0.6) is 0 Å². The van der Waals surface area contributed by atoms with Crippen LogP contribution in [0.15, 0.2) is 58.1 Å². The van der Waals surface area contributed by atoms with E-state index in [1.54, 1.807) is 12.1 Å². The Balaban J connectivity index is 1.85. The summed E-state index contributed by atoms with van der Waals surface area (Å²) in [7, 11) is -2.19. The van der Waals surface area contributed by atoms with E-state index in [1.807, 2.05) is 6.07 Å². The van der Waals surface area contributed by atoms with Crippen LogP contribution in [0.3, 0.4) is 0 Å². The number of sulfonamides is 1. The zero-order valence-corrected chi connectivity index (χ0v) is 17.1. The molecule has 10 heteroatoms. The topological polar surface area (TPSA) is 130 Å². The minimum Gasteiger partial charge on any atom is -0.468 e. The number of nitriles is 1. The Morgan fingerprint density at radius 1 is 1.27 bits per heavy atom. The highest BCUT2D eigenvalue weighted by molar-refractivity contribution is 7.89. The van der Waals surface area contributed by atoms with Gasteiger partial charge >= 0.3 is 5.97 Å². The van der Waals surface area contributed by atoms with Crippen molar-refractivity contribution in [2.24, 2.45) is 0 Å². The van der Waals surface area contributed by atoms with Crippen molar-refractivity contribution >= 4 is 28.0 Å². The van der Waals surface area contributed by atoms with Gasteiger partial charge in [0.15, 0.2) is 6.61 Å². The Hall–Kier alpha value is -3.42. The van der Waals surface area contributed by atoms with Gasteiger partial charge in [-0.25, -0.2) is 17.9 Å². The number of rotatable bonds is 10. The molecule has 2 aromatic rings. The molecule has 1 heterocycles. The summed E-state index contributed by atoms with van der Waals surface area (Å²) in [5.41, 5.74) is 0.578. The van der Waals surface area contributed by atoms with Gasteiger partial charge in [-0.2, -0.15) is 5.26 Å². The maximum atomic E-state index is 12.3. The van der Waals surface area contributed by atoms with Gasteiger partial charge in [0, 0.05) is 19.7 Å². The average Bonchev–Trinajstić information content (AvgIpc) is 3.27. The van der Waals surface area contributed by atoms with Gasteiger partial charge in [0.25, 0.3) is 5.91 Å². The molecule has 0 aliphatic rings. The van der Waals surface area contributed by atoms with Crippen molar-refractivity contribution < 1.29 is 27.2 Å². The maximum absolute atomic E-state index is 12.3. The van der Waals surface area contributed by atoms with Gasteiger partial charge in [0.2, 0.25) is 10.0 Å². The maximum Gasteiger partial charge on any atom is 0.331 e. The van der Waals surface area contributed by atoms with Crippen LogP contribution in [0.1, 0.15) is 17.7 Å². The molecule has 0 aliphatic carbocycles. The Morgan fingerprint density at radius 3 is 2.63 bits per heavy atom. The summed E-state index contributed by atoms with van der Waals surface area (Å²) >= 11 is 0. The lowest BCUT2D eigenvalue weighted by Crippen LogP contribution is -2.31.